The van der Waals surface area contributed by atoms with E-state index in [0.29, 0.717) is 6.04 Å². The van der Waals surface area contributed by atoms with Crippen LogP contribution >= 0.6 is 27.3 Å². The molecular weight excluding hydrogens is 344 g/mol. The number of carbonyl (C=O) groups is 1. The molecule has 1 atom stereocenters. The van der Waals surface area contributed by atoms with Crippen LogP contribution in [0.4, 0.5) is 0 Å². The second-order valence-corrected chi connectivity index (χ2v) is 7.31. The van der Waals surface area contributed by atoms with E-state index >= 15 is 0 Å². The summed E-state index contributed by atoms with van der Waals surface area (Å²) >= 11 is 5.22. The molecule has 1 fully saturated rings. The highest BCUT2D eigenvalue weighted by Crippen LogP contribution is 2.35. The molecule has 8 heteroatoms. The molecule has 0 saturated carbocycles. The van der Waals surface area contributed by atoms with Gasteiger partial charge in [-0.05, 0) is 35.0 Å². The Morgan fingerprint density at radius 3 is 2.85 bits per heavy atom. The quantitative estimate of drug-likeness (QED) is 0.910. The fourth-order valence-corrected chi connectivity index (χ4v) is 3.77. The highest BCUT2D eigenvalue weighted by molar-refractivity contribution is 9.11. The van der Waals surface area contributed by atoms with Gasteiger partial charge >= 0.3 is 5.97 Å². The molecule has 6 nitrogen and oxygen atoms in total. The summed E-state index contributed by atoms with van der Waals surface area (Å²) in [6.07, 6.45) is 1.50. The monoisotopic (exact) mass is 356 g/mol. The van der Waals surface area contributed by atoms with Gasteiger partial charge < -0.3 is 5.11 Å². The first-order valence-electron chi connectivity index (χ1n) is 6.19. The average Bonchev–Trinajstić information content (AvgIpc) is 2.96. The lowest BCUT2D eigenvalue weighted by molar-refractivity contribution is 0.0599. The van der Waals surface area contributed by atoms with Crippen LogP contribution in [-0.2, 0) is 0 Å². The van der Waals surface area contributed by atoms with Crippen LogP contribution in [0.25, 0.3) is 0 Å². The van der Waals surface area contributed by atoms with Crippen molar-refractivity contribution in [1.82, 2.24) is 19.9 Å². The van der Waals surface area contributed by atoms with Crippen LogP contribution in [-0.4, -0.2) is 44.1 Å². The van der Waals surface area contributed by atoms with Crippen molar-refractivity contribution in [2.45, 2.75) is 19.0 Å². The Hall–Kier alpha value is -1.25. The second-order valence-electron chi connectivity index (χ2n) is 4.81. The van der Waals surface area contributed by atoms with Crippen molar-refractivity contribution in [1.29, 1.82) is 0 Å². The number of nitrogens with zero attached hydrogens (tertiary/aromatic N) is 4. The second kappa shape index (κ2) is 5.27. The summed E-state index contributed by atoms with van der Waals surface area (Å²) in [5, 5.41) is 16.4. The molecule has 20 heavy (non-hydrogen) atoms. The van der Waals surface area contributed by atoms with Crippen molar-refractivity contribution in [3.8, 4) is 0 Å². The van der Waals surface area contributed by atoms with Gasteiger partial charge in [-0.15, -0.1) is 16.4 Å². The van der Waals surface area contributed by atoms with Crippen LogP contribution in [0.1, 0.15) is 34.4 Å². The first kappa shape index (κ1) is 13.7. The average molecular weight is 357 g/mol. The summed E-state index contributed by atoms with van der Waals surface area (Å²) in [4.78, 5) is 14.4. The van der Waals surface area contributed by atoms with Crippen molar-refractivity contribution in [3.63, 3.8) is 0 Å². The maximum absolute atomic E-state index is 10.8. The van der Waals surface area contributed by atoms with Crippen molar-refractivity contribution in [2.24, 2.45) is 0 Å². The first-order chi connectivity index (χ1) is 9.54. The van der Waals surface area contributed by atoms with Crippen LogP contribution < -0.4 is 0 Å². The van der Waals surface area contributed by atoms with E-state index in [0.717, 1.165) is 16.9 Å². The smallest absolute Gasteiger partial charge is 0.358 e. The van der Waals surface area contributed by atoms with E-state index in [1.807, 2.05) is 0 Å². The third kappa shape index (κ3) is 2.50. The van der Waals surface area contributed by atoms with Crippen LogP contribution in [0.15, 0.2) is 22.1 Å². The molecule has 0 amide bonds. The van der Waals surface area contributed by atoms with E-state index in [4.69, 9.17) is 5.11 Å². The molecule has 1 aliphatic heterocycles. The maximum Gasteiger partial charge on any atom is 0.358 e. The van der Waals surface area contributed by atoms with Gasteiger partial charge in [0.15, 0.2) is 5.69 Å². The molecule has 3 heterocycles. The van der Waals surface area contributed by atoms with Crippen LogP contribution in [0.5, 0.6) is 0 Å². The Balaban J connectivity index is 1.61. The third-order valence-electron chi connectivity index (χ3n) is 3.55. The molecule has 1 N–H and O–H groups in total. The molecule has 0 aromatic carbocycles. The van der Waals surface area contributed by atoms with Crippen molar-refractivity contribution >= 4 is 33.2 Å². The Labute approximate surface area is 128 Å². The number of thiophene rings is 1. The maximum atomic E-state index is 10.8. The largest absolute Gasteiger partial charge is 0.476 e. The lowest BCUT2D eigenvalue weighted by Gasteiger charge is -2.42. The lowest BCUT2D eigenvalue weighted by Crippen LogP contribution is -2.48. The molecule has 3 rings (SSSR count). The minimum Gasteiger partial charge on any atom is -0.476 e. The summed E-state index contributed by atoms with van der Waals surface area (Å²) in [7, 11) is 0. The van der Waals surface area contributed by atoms with E-state index in [9.17, 15) is 4.79 Å². The van der Waals surface area contributed by atoms with Gasteiger partial charge in [-0.2, -0.15) is 0 Å². The number of aromatic carboxylic acids is 1. The van der Waals surface area contributed by atoms with Crippen LogP contribution in [0.2, 0.25) is 0 Å². The molecule has 2 aromatic rings. The number of hydrogen-bond acceptors (Lipinski definition) is 5. The molecule has 1 aliphatic rings. The van der Waals surface area contributed by atoms with Gasteiger partial charge in [0.1, 0.15) is 0 Å². The number of halogens is 1. The summed E-state index contributed by atoms with van der Waals surface area (Å²) in [6, 6.07) is 4.76. The Morgan fingerprint density at radius 1 is 1.55 bits per heavy atom. The van der Waals surface area contributed by atoms with Gasteiger partial charge in [-0.1, -0.05) is 5.21 Å². The Kier molecular flexibility index (Phi) is 3.61. The molecule has 2 aromatic heterocycles. The molecule has 0 spiro atoms. The van der Waals surface area contributed by atoms with Gasteiger partial charge in [0.25, 0.3) is 0 Å². The molecule has 1 unspecified atom stereocenters. The molecular formula is C12H13BrN4O2S. The fraction of sp³-hybridized carbons (Fsp3) is 0.417. The minimum absolute atomic E-state index is 0.00122. The highest BCUT2D eigenvalue weighted by Gasteiger charge is 2.33. The van der Waals surface area contributed by atoms with E-state index in [1.165, 1.54) is 11.1 Å². The number of hydrogen-bond donors (Lipinski definition) is 1. The topological polar surface area (TPSA) is 71.2 Å². The molecule has 0 radical (unpaired) electrons. The zero-order valence-electron chi connectivity index (χ0n) is 10.7. The fourth-order valence-electron chi connectivity index (χ4n) is 2.26. The van der Waals surface area contributed by atoms with Gasteiger partial charge in [0, 0.05) is 24.0 Å². The Bertz CT molecular complexity index is 635. The summed E-state index contributed by atoms with van der Waals surface area (Å²) in [5.41, 5.74) is -0.00122. The van der Waals surface area contributed by atoms with Gasteiger partial charge in [0.05, 0.1) is 16.0 Å². The number of likely N-dealkylation sites (tertiary alicyclic amines) is 1. The standard InChI is InChI=1S/C12H13BrN4O2S/c1-7(10-2-3-11(13)20-10)16-4-8(5-16)17-6-9(12(18)19)14-15-17/h2-3,6-8H,4-5H2,1H3,(H,18,19). The molecule has 106 valence electrons. The van der Waals surface area contributed by atoms with Gasteiger partial charge in [-0.25, -0.2) is 9.48 Å². The lowest BCUT2D eigenvalue weighted by atomic mass is 10.1. The first-order valence-corrected chi connectivity index (χ1v) is 7.80. The summed E-state index contributed by atoms with van der Waals surface area (Å²) in [6.45, 7) is 3.90. The van der Waals surface area contributed by atoms with Crippen LogP contribution in [0, 0.1) is 0 Å². The molecule has 0 bridgehead atoms. The normalized spacial score (nSPS) is 17.9. The predicted molar refractivity (Wildman–Crippen MR) is 78.0 cm³/mol. The van der Waals surface area contributed by atoms with Crippen LogP contribution in [0.3, 0.4) is 0 Å². The van der Waals surface area contributed by atoms with Gasteiger partial charge in [0.2, 0.25) is 0 Å². The number of carboxylic acid groups (broad SMARTS) is 1. The minimum atomic E-state index is -1.04. The Morgan fingerprint density at radius 2 is 2.30 bits per heavy atom. The van der Waals surface area contributed by atoms with E-state index in [1.54, 1.807) is 16.0 Å². The zero-order valence-corrected chi connectivity index (χ0v) is 13.1. The zero-order chi connectivity index (χ0) is 14.3. The van der Waals surface area contributed by atoms with Gasteiger partial charge in [-0.3, -0.25) is 4.90 Å². The van der Waals surface area contributed by atoms with E-state index in [-0.39, 0.29) is 11.7 Å². The van der Waals surface area contributed by atoms with Crippen molar-refractivity contribution in [3.05, 3.63) is 32.7 Å². The number of rotatable bonds is 4. The summed E-state index contributed by atoms with van der Waals surface area (Å²) < 4.78 is 2.79. The third-order valence-corrected chi connectivity index (χ3v) is 5.34. The number of aromatic nitrogens is 3. The van der Waals surface area contributed by atoms with Crippen molar-refractivity contribution < 1.29 is 9.90 Å². The predicted octanol–water partition coefficient (Wildman–Crippen LogP) is 2.42. The SMILES string of the molecule is CC(c1ccc(Br)s1)N1CC(n2cc(C(=O)O)nn2)C1. The molecule has 0 aliphatic carbocycles. The molecule has 1 saturated heterocycles. The van der Waals surface area contributed by atoms with E-state index in [2.05, 4.69) is 50.2 Å². The summed E-state index contributed by atoms with van der Waals surface area (Å²) in [5.74, 6) is -1.04. The van der Waals surface area contributed by atoms with Crippen molar-refractivity contribution in [2.75, 3.05) is 13.1 Å². The van der Waals surface area contributed by atoms with E-state index < -0.39 is 5.97 Å². The number of carboxylic acids is 1. The highest BCUT2D eigenvalue weighted by atomic mass is 79.9.